The zero-order chi connectivity index (χ0) is 22.1. The third-order valence-electron chi connectivity index (χ3n) is 5.97. The lowest BCUT2D eigenvalue weighted by atomic mass is 10.0. The van der Waals surface area contributed by atoms with E-state index in [-0.39, 0.29) is 6.04 Å². The molecule has 2 aliphatic heterocycles. The molecule has 9 nitrogen and oxygen atoms in total. The lowest BCUT2D eigenvalue weighted by molar-refractivity contribution is 0.194. The highest BCUT2D eigenvalue weighted by molar-refractivity contribution is 5.74. The molecule has 0 radical (unpaired) electrons. The van der Waals surface area contributed by atoms with Crippen LogP contribution in [-0.4, -0.2) is 51.9 Å². The van der Waals surface area contributed by atoms with Crippen molar-refractivity contribution in [1.29, 1.82) is 5.26 Å². The first-order valence-electron chi connectivity index (χ1n) is 10.6. The van der Waals surface area contributed by atoms with E-state index in [1.165, 1.54) is 0 Å². The number of benzene rings is 1. The summed E-state index contributed by atoms with van der Waals surface area (Å²) in [4.78, 5) is 20.5. The van der Waals surface area contributed by atoms with Crippen LogP contribution in [0.2, 0.25) is 0 Å². The van der Waals surface area contributed by atoms with E-state index in [0.29, 0.717) is 17.9 Å². The number of hydrogen-bond donors (Lipinski definition) is 2. The Labute approximate surface area is 185 Å². The van der Waals surface area contributed by atoms with Crippen LogP contribution >= 0.6 is 0 Å². The van der Waals surface area contributed by atoms with Crippen molar-refractivity contribution in [3.05, 3.63) is 59.4 Å². The Bertz CT molecular complexity index is 1200. The zero-order valence-electron chi connectivity index (χ0n) is 17.7. The topological polar surface area (TPSA) is 110 Å². The van der Waals surface area contributed by atoms with Crippen molar-refractivity contribution < 1.29 is 9.53 Å². The SMILES string of the molecule is C[C@@H]1CN(Cc2cn[nH]c2-c2ccc3c(c2)CNC(=O)O3)CCN1c1cc(C#N)ccn1. The molecule has 2 aromatic heterocycles. The monoisotopic (exact) mass is 429 g/mol. The fourth-order valence-electron chi connectivity index (χ4n) is 4.36. The van der Waals surface area contributed by atoms with Gasteiger partial charge in [-0.3, -0.25) is 10.00 Å². The van der Waals surface area contributed by atoms with E-state index < -0.39 is 6.09 Å². The van der Waals surface area contributed by atoms with Crippen LogP contribution in [-0.2, 0) is 13.1 Å². The molecule has 1 saturated heterocycles. The smallest absolute Gasteiger partial charge is 0.410 e. The predicted molar refractivity (Wildman–Crippen MR) is 118 cm³/mol. The summed E-state index contributed by atoms with van der Waals surface area (Å²) in [7, 11) is 0. The van der Waals surface area contributed by atoms with E-state index in [9.17, 15) is 10.1 Å². The van der Waals surface area contributed by atoms with Gasteiger partial charge in [0.2, 0.25) is 0 Å². The summed E-state index contributed by atoms with van der Waals surface area (Å²) < 4.78 is 5.22. The fraction of sp³-hybridized carbons (Fsp3) is 0.304. The standard InChI is InChI=1S/C23H23N7O2/c1-15-13-29(6-7-30(15)21-8-16(10-24)4-5-25-21)14-19-12-27-28-22(19)17-2-3-20-18(9-17)11-26-23(31)32-20/h2-5,8-9,12,15H,6-7,11,13-14H2,1H3,(H,26,31)(H,27,28)/t15-/m1/s1. The number of carbonyl (C=O) groups is 1. The van der Waals surface area contributed by atoms with Gasteiger partial charge in [-0.1, -0.05) is 0 Å². The average molecular weight is 429 g/mol. The zero-order valence-corrected chi connectivity index (χ0v) is 17.7. The molecule has 0 bridgehead atoms. The molecule has 1 atom stereocenters. The lowest BCUT2D eigenvalue weighted by Gasteiger charge is -2.40. The van der Waals surface area contributed by atoms with Gasteiger partial charge >= 0.3 is 6.09 Å². The Morgan fingerprint density at radius 2 is 2.19 bits per heavy atom. The molecular formula is C23H23N7O2. The Hall–Kier alpha value is -3.90. The second-order valence-corrected chi connectivity index (χ2v) is 8.13. The summed E-state index contributed by atoms with van der Waals surface area (Å²) in [5.74, 6) is 1.45. The summed E-state index contributed by atoms with van der Waals surface area (Å²) in [6.45, 7) is 6.02. The highest BCUT2D eigenvalue weighted by Gasteiger charge is 2.26. The van der Waals surface area contributed by atoms with Crippen LogP contribution in [0.4, 0.5) is 10.6 Å². The van der Waals surface area contributed by atoms with Crippen molar-refractivity contribution in [2.75, 3.05) is 24.5 Å². The molecule has 162 valence electrons. The van der Waals surface area contributed by atoms with E-state index >= 15 is 0 Å². The minimum atomic E-state index is -0.421. The Kier molecular flexibility index (Phi) is 5.21. The second-order valence-electron chi connectivity index (χ2n) is 8.13. The number of H-pyrrole nitrogens is 1. The van der Waals surface area contributed by atoms with E-state index in [4.69, 9.17) is 4.74 Å². The molecule has 2 aliphatic rings. The lowest BCUT2D eigenvalue weighted by Crippen LogP contribution is -2.51. The van der Waals surface area contributed by atoms with Gasteiger partial charge in [-0.2, -0.15) is 10.4 Å². The molecule has 5 rings (SSSR count). The number of fused-ring (bicyclic) bond motifs is 1. The first-order chi connectivity index (χ1) is 15.6. The molecule has 0 unspecified atom stereocenters. The highest BCUT2D eigenvalue weighted by atomic mass is 16.6. The van der Waals surface area contributed by atoms with Crippen molar-refractivity contribution in [3.63, 3.8) is 0 Å². The maximum Gasteiger partial charge on any atom is 0.412 e. The summed E-state index contributed by atoms with van der Waals surface area (Å²) in [6.07, 6.45) is 3.15. The van der Waals surface area contributed by atoms with E-state index in [2.05, 4.69) is 43.3 Å². The number of pyridine rings is 1. The van der Waals surface area contributed by atoms with E-state index in [0.717, 1.165) is 54.4 Å². The summed E-state index contributed by atoms with van der Waals surface area (Å²) in [5, 5.41) is 19.3. The van der Waals surface area contributed by atoms with Crippen LogP contribution in [0.1, 0.15) is 23.6 Å². The first-order valence-corrected chi connectivity index (χ1v) is 10.6. The van der Waals surface area contributed by atoms with Gasteiger partial charge in [0.15, 0.2) is 0 Å². The number of amides is 1. The van der Waals surface area contributed by atoms with Crippen molar-refractivity contribution in [2.45, 2.75) is 26.1 Å². The molecule has 2 N–H and O–H groups in total. The molecule has 4 heterocycles. The summed E-state index contributed by atoms with van der Waals surface area (Å²) >= 11 is 0. The molecule has 0 spiro atoms. The number of piperazine rings is 1. The van der Waals surface area contributed by atoms with Gasteiger partial charge in [-0.25, -0.2) is 9.78 Å². The summed E-state index contributed by atoms with van der Waals surface area (Å²) in [6, 6.07) is 11.8. The van der Waals surface area contributed by atoms with Gasteiger partial charge in [0.1, 0.15) is 11.6 Å². The van der Waals surface area contributed by atoms with Gasteiger partial charge < -0.3 is 15.0 Å². The normalized spacial score (nSPS) is 18.4. The van der Waals surface area contributed by atoms with E-state index in [1.807, 2.05) is 30.5 Å². The van der Waals surface area contributed by atoms with E-state index in [1.54, 1.807) is 12.3 Å². The predicted octanol–water partition coefficient (Wildman–Crippen LogP) is 2.66. The molecule has 9 heteroatoms. The number of nitrogens with one attached hydrogen (secondary N) is 2. The molecule has 1 aromatic carbocycles. The number of ether oxygens (including phenoxy) is 1. The molecule has 3 aromatic rings. The Morgan fingerprint density at radius 3 is 3.03 bits per heavy atom. The second kappa shape index (κ2) is 8.32. The maximum atomic E-state index is 11.4. The van der Waals surface area contributed by atoms with Gasteiger partial charge in [0, 0.05) is 61.7 Å². The summed E-state index contributed by atoms with van der Waals surface area (Å²) in [5.41, 5.74) is 4.68. The van der Waals surface area contributed by atoms with Gasteiger partial charge in [-0.05, 0) is 37.3 Å². The minimum Gasteiger partial charge on any atom is -0.410 e. The molecule has 0 saturated carbocycles. The van der Waals surface area contributed by atoms with Crippen LogP contribution in [0.15, 0.2) is 42.7 Å². The molecule has 32 heavy (non-hydrogen) atoms. The highest BCUT2D eigenvalue weighted by Crippen LogP contribution is 2.30. The number of nitriles is 1. The minimum absolute atomic E-state index is 0.269. The van der Waals surface area contributed by atoms with Crippen molar-refractivity contribution in [1.82, 2.24) is 25.4 Å². The number of hydrogen-bond acceptors (Lipinski definition) is 7. The van der Waals surface area contributed by atoms with Crippen molar-refractivity contribution >= 4 is 11.9 Å². The van der Waals surface area contributed by atoms with Gasteiger partial charge in [-0.15, -0.1) is 0 Å². The third-order valence-corrected chi connectivity index (χ3v) is 5.97. The molecule has 1 amide bonds. The Morgan fingerprint density at radius 1 is 1.28 bits per heavy atom. The first kappa shape index (κ1) is 20.0. The van der Waals surface area contributed by atoms with Gasteiger partial charge in [0.05, 0.1) is 23.5 Å². The van der Waals surface area contributed by atoms with Crippen LogP contribution < -0.4 is 15.0 Å². The number of anilines is 1. The van der Waals surface area contributed by atoms with Crippen LogP contribution in [0.5, 0.6) is 5.75 Å². The largest absolute Gasteiger partial charge is 0.412 e. The number of rotatable bonds is 4. The number of aromatic nitrogens is 3. The maximum absolute atomic E-state index is 11.4. The molecule has 0 aliphatic carbocycles. The number of carbonyl (C=O) groups excluding carboxylic acids is 1. The third kappa shape index (κ3) is 3.88. The number of aromatic amines is 1. The van der Waals surface area contributed by atoms with Crippen LogP contribution in [0.25, 0.3) is 11.3 Å². The fourth-order valence-corrected chi connectivity index (χ4v) is 4.36. The van der Waals surface area contributed by atoms with Gasteiger partial charge in [0.25, 0.3) is 0 Å². The quantitative estimate of drug-likeness (QED) is 0.656. The number of nitrogens with zero attached hydrogens (tertiary/aromatic N) is 5. The molecular weight excluding hydrogens is 406 g/mol. The van der Waals surface area contributed by atoms with Crippen molar-refractivity contribution in [3.8, 4) is 23.1 Å². The van der Waals surface area contributed by atoms with Crippen LogP contribution in [0, 0.1) is 11.3 Å². The average Bonchev–Trinajstić information content (AvgIpc) is 3.27. The van der Waals surface area contributed by atoms with Crippen molar-refractivity contribution in [2.24, 2.45) is 0 Å². The Balaban J connectivity index is 1.29. The molecule has 1 fully saturated rings. The van der Waals surface area contributed by atoms with Crippen LogP contribution in [0.3, 0.4) is 0 Å².